The number of halogens is 1. The highest BCUT2D eigenvalue weighted by Crippen LogP contribution is 2.30. The van der Waals surface area contributed by atoms with E-state index in [1.165, 1.54) is 12.1 Å². The molecule has 2 unspecified atom stereocenters. The predicted octanol–water partition coefficient (Wildman–Crippen LogP) is 3.44. The van der Waals surface area contributed by atoms with Crippen LogP contribution in [0.1, 0.15) is 31.5 Å². The lowest BCUT2D eigenvalue weighted by Gasteiger charge is -2.25. The van der Waals surface area contributed by atoms with Crippen molar-refractivity contribution in [2.45, 2.75) is 36.7 Å². The molecular weight excluding hydrogens is 409 g/mol. The summed E-state index contributed by atoms with van der Waals surface area (Å²) < 4.78 is 43.1. The summed E-state index contributed by atoms with van der Waals surface area (Å²) in [6, 6.07) is 6.17. The number of rotatable bonds is 5. The SMILES string of the molecule is CC1CC(c2ncc(-c3nc(Nc4ccc(S(C)(=O)=O)cc4)ncc3F)[nH]2)CCO1. The summed E-state index contributed by atoms with van der Waals surface area (Å²) in [5.74, 6) is 0.653. The zero-order chi connectivity index (χ0) is 21.3. The fraction of sp³-hybridized carbons (Fsp3) is 0.350. The quantitative estimate of drug-likeness (QED) is 0.637. The Kier molecular flexibility index (Phi) is 5.52. The molecule has 2 atom stereocenters. The Morgan fingerprint density at radius 2 is 1.97 bits per heavy atom. The van der Waals surface area contributed by atoms with Crippen molar-refractivity contribution in [3.8, 4) is 11.4 Å². The van der Waals surface area contributed by atoms with Gasteiger partial charge in [-0.15, -0.1) is 0 Å². The standard InChI is InChI=1S/C20H22FN5O3S/c1-12-9-13(7-8-29-12)19-22-11-17(25-19)18-16(21)10-23-20(26-18)24-14-3-5-15(6-4-14)30(2,27)28/h3-6,10-13H,7-9H2,1-2H3,(H,22,25)(H,23,24,26). The molecule has 0 saturated carbocycles. The van der Waals surface area contributed by atoms with Crippen LogP contribution in [0.5, 0.6) is 0 Å². The number of hydrogen-bond acceptors (Lipinski definition) is 7. The molecule has 0 amide bonds. The maximum absolute atomic E-state index is 14.4. The molecule has 0 spiro atoms. The summed E-state index contributed by atoms with van der Waals surface area (Å²) in [4.78, 5) is 16.1. The van der Waals surface area contributed by atoms with Crippen molar-refractivity contribution in [1.29, 1.82) is 0 Å². The minimum absolute atomic E-state index is 0.110. The van der Waals surface area contributed by atoms with Gasteiger partial charge in [0.1, 0.15) is 11.5 Å². The molecule has 30 heavy (non-hydrogen) atoms. The Labute approximate surface area is 173 Å². The van der Waals surface area contributed by atoms with Gasteiger partial charge in [0, 0.05) is 24.5 Å². The highest BCUT2D eigenvalue weighted by atomic mass is 32.2. The lowest BCUT2D eigenvalue weighted by molar-refractivity contribution is 0.0174. The Hall–Kier alpha value is -2.85. The first-order valence-electron chi connectivity index (χ1n) is 9.56. The minimum Gasteiger partial charge on any atom is -0.378 e. The number of nitrogens with one attached hydrogen (secondary N) is 2. The maximum atomic E-state index is 14.4. The van der Waals surface area contributed by atoms with Gasteiger partial charge in [-0.25, -0.2) is 27.8 Å². The molecular formula is C20H22FN5O3S. The number of ether oxygens (including phenoxy) is 1. The van der Waals surface area contributed by atoms with E-state index in [-0.39, 0.29) is 28.6 Å². The highest BCUT2D eigenvalue weighted by molar-refractivity contribution is 7.90. The molecule has 1 aromatic carbocycles. The summed E-state index contributed by atoms with van der Waals surface area (Å²) in [5, 5.41) is 2.96. The van der Waals surface area contributed by atoms with Gasteiger partial charge >= 0.3 is 0 Å². The third-order valence-electron chi connectivity index (χ3n) is 5.01. The van der Waals surface area contributed by atoms with Crippen molar-refractivity contribution < 1.29 is 17.5 Å². The van der Waals surface area contributed by atoms with Crippen LogP contribution in [0.25, 0.3) is 11.4 Å². The van der Waals surface area contributed by atoms with Gasteiger partial charge in [0.05, 0.1) is 29.1 Å². The third-order valence-corrected chi connectivity index (χ3v) is 6.13. The van der Waals surface area contributed by atoms with Gasteiger partial charge in [0.25, 0.3) is 0 Å². The average Bonchev–Trinajstić information content (AvgIpc) is 3.19. The number of aromatic amines is 1. The van der Waals surface area contributed by atoms with Crippen LogP contribution < -0.4 is 5.32 Å². The predicted molar refractivity (Wildman–Crippen MR) is 110 cm³/mol. The van der Waals surface area contributed by atoms with Crippen molar-refractivity contribution in [3.63, 3.8) is 0 Å². The van der Waals surface area contributed by atoms with E-state index in [0.29, 0.717) is 18.0 Å². The van der Waals surface area contributed by atoms with E-state index in [4.69, 9.17) is 4.74 Å². The largest absolute Gasteiger partial charge is 0.378 e. The Bertz CT molecular complexity index is 1150. The molecule has 1 aliphatic rings. The molecule has 2 aromatic heterocycles. The number of benzene rings is 1. The Balaban J connectivity index is 1.55. The molecule has 10 heteroatoms. The molecule has 3 aromatic rings. The number of sulfone groups is 1. The van der Waals surface area contributed by atoms with E-state index in [1.54, 1.807) is 18.3 Å². The van der Waals surface area contributed by atoms with Crippen molar-refractivity contribution in [2.75, 3.05) is 18.2 Å². The van der Waals surface area contributed by atoms with Crippen LogP contribution in [0.4, 0.5) is 16.0 Å². The molecule has 3 heterocycles. The fourth-order valence-electron chi connectivity index (χ4n) is 3.44. The normalized spacial score (nSPS) is 19.6. The summed E-state index contributed by atoms with van der Waals surface area (Å²) in [6.45, 7) is 2.70. The minimum atomic E-state index is -3.28. The van der Waals surface area contributed by atoms with Crippen molar-refractivity contribution in [3.05, 3.63) is 48.3 Å². The van der Waals surface area contributed by atoms with Crippen LogP contribution in [0.2, 0.25) is 0 Å². The molecule has 158 valence electrons. The molecule has 1 aliphatic heterocycles. The molecule has 8 nitrogen and oxygen atoms in total. The van der Waals surface area contributed by atoms with Crippen molar-refractivity contribution in [2.24, 2.45) is 0 Å². The van der Waals surface area contributed by atoms with Crippen LogP contribution in [0, 0.1) is 5.82 Å². The first-order valence-corrected chi connectivity index (χ1v) is 11.5. The summed E-state index contributed by atoms with van der Waals surface area (Å²) in [7, 11) is -3.28. The summed E-state index contributed by atoms with van der Waals surface area (Å²) >= 11 is 0. The van der Waals surface area contributed by atoms with Gasteiger partial charge in [-0.05, 0) is 44.0 Å². The van der Waals surface area contributed by atoms with Gasteiger partial charge in [-0.1, -0.05) is 0 Å². The van der Waals surface area contributed by atoms with E-state index in [2.05, 4.69) is 25.3 Å². The van der Waals surface area contributed by atoms with E-state index in [0.717, 1.165) is 31.1 Å². The lowest BCUT2D eigenvalue weighted by atomic mass is 9.96. The van der Waals surface area contributed by atoms with Crippen molar-refractivity contribution >= 4 is 21.5 Å². The summed E-state index contributed by atoms with van der Waals surface area (Å²) in [6.07, 6.45) is 5.69. The fourth-order valence-corrected chi connectivity index (χ4v) is 4.07. The van der Waals surface area contributed by atoms with Gasteiger partial charge in [0.15, 0.2) is 15.7 Å². The molecule has 2 N–H and O–H groups in total. The van der Waals surface area contributed by atoms with E-state index in [9.17, 15) is 12.8 Å². The highest BCUT2D eigenvalue weighted by Gasteiger charge is 2.24. The topological polar surface area (TPSA) is 110 Å². The third kappa shape index (κ3) is 4.49. The average molecular weight is 431 g/mol. The van der Waals surface area contributed by atoms with E-state index in [1.807, 2.05) is 6.92 Å². The molecule has 0 bridgehead atoms. The molecule has 0 radical (unpaired) electrons. The number of hydrogen-bond donors (Lipinski definition) is 2. The van der Waals surface area contributed by atoms with Gasteiger partial charge in [0.2, 0.25) is 5.95 Å². The number of H-pyrrole nitrogens is 1. The molecule has 0 aliphatic carbocycles. The monoisotopic (exact) mass is 431 g/mol. The molecule has 4 rings (SSSR count). The Morgan fingerprint density at radius 1 is 1.20 bits per heavy atom. The Morgan fingerprint density at radius 3 is 2.67 bits per heavy atom. The summed E-state index contributed by atoms with van der Waals surface area (Å²) in [5.41, 5.74) is 1.17. The number of anilines is 2. The lowest BCUT2D eigenvalue weighted by Crippen LogP contribution is -2.22. The van der Waals surface area contributed by atoms with Gasteiger partial charge in [-0.3, -0.25) is 0 Å². The van der Waals surface area contributed by atoms with Gasteiger partial charge < -0.3 is 15.0 Å². The van der Waals surface area contributed by atoms with E-state index < -0.39 is 15.7 Å². The zero-order valence-electron chi connectivity index (χ0n) is 16.6. The number of imidazole rings is 1. The molecule has 1 saturated heterocycles. The molecule has 1 fully saturated rings. The van der Waals surface area contributed by atoms with Crippen LogP contribution in [0.3, 0.4) is 0 Å². The van der Waals surface area contributed by atoms with E-state index >= 15 is 0 Å². The van der Waals surface area contributed by atoms with Crippen LogP contribution in [-0.4, -0.2) is 47.3 Å². The number of nitrogens with zero attached hydrogens (tertiary/aromatic N) is 3. The van der Waals surface area contributed by atoms with Gasteiger partial charge in [-0.2, -0.15) is 0 Å². The second kappa shape index (κ2) is 8.11. The smallest absolute Gasteiger partial charge is 0.227 e. The van der Waals surface area contributed by atoms with Crippen LogP contribution >= 0.6 is 0 Å². The second-order valence-electron chi connectivity index (χ2n) is 7.40. The number of aromatic nitrogens is 4. The first-order chi connectivity index (χ1) is 14.3. The van der Waals surface area contributed by atoms with Crippen LogP contribution in [0.15, 0.2) is 41.6 Å². The van der Waals surface area contributed by atoms with Crippen molar-refractivity contribution in [1.82, 2.24) is 19.9 Å². The zero-order valence-corrected chi connectivity index (χ0v) is 17.4. The van der Waals surface area contributed by atoms with Crippen LogP contribution in [-0.2, 0) is 14.6 Å². The second-order valence-corrected chi connectivity index (χ2v) is 9.41. The first kappa shape index (κ1) is 20.4. The maximum Gasteiger partial charge on any atom is 0.227 e.